The standard InChI is InChI=1S/C21H35/c1-16(2)8-6-9-17(3)10-7-14-21(5)15-13-19-18(4)11-12-20(19)21/h8,10,19-20H,6-7,9,11-15H2,1-5H3/q+1/b17-10+. The Morgan fingerprint density at radius 3 is 2.62 bits per heavy atom. The molecule has 0 aromatic rings. The quantitative estimate of drug-likeness (QED) is 0.369. The van der Waals surface area contributed by atoms with Gasteiger partial charge in [-0.3, -0.25) is 0 Å². The summed E-state index contributed by atoms with van der Waals surface area (Å²) < 4.78 is 0. The van der Waals surface area contributed by atoms with E-state index in [4.69, 9.17) is 0 Å². The largest absolute Gasteiger partial charge is 0.103 e. The zero-order valence-corrected chi connectivity index (χ0v) is 15.0. The highest BCUT2D eigenvalue weighted by molar-refractivity contribution is 5.11. The number of fused-ring (bicyclic) bond motifs is 1. The molecule has 0 aromatic carbocycles. The fourth-order valence-electron chi connectivity index (χ4n) is 4.71. The van der Waals surface area contributed by atoms with Gasteiger partial charge in [0.25, 0.3) is 0 Å². The Kier molecular flexibility index (Phi) is 5.63. The topological polar surface area (TPSA) is 0 Å². The average Bonchev–Trinajstić information content (AvgIpc) is 2.92. The molecule has 2 fully saturated rings. The Labute approximate surface area is 133 Å². The van der Waals surface area contributed by atoms with E-state index in [0.29, 0.717) is 5.41 Å². The van der Waals surface area contributed by atoms with Gasteiger partial charge in [-0.15, -0.1) is 0 Å². The molecule has 0 heterocycles. The molecule has 118 valence electrons. The molecule has 0 heteroatoms. The highest BCUT2D eigenvalue weighted by atomic mass is 14.5. The molecule has 2 aliphatic carbocycles. The molecule has 2 aliphatic rings. The Morgan fingerprint density at radius 1 is 1.14 bits per heavy atom. The Bertz CT molecular complexity index is 396. The van der Waals surface area contributed by atoms with Gasteiger partial charge in [-0.05, 0) is 71.1 Å². The normalized spacial score (nSPS) is 32.4. The molecule has 2 saturated carbocycles. The summed E-state index contributed by atoms with van der Waals surface area (Å²) in [6.07, 6.45) is 15.8. The first-order valence-corrected chi connectivity index (χ1v) is 9.04. The van der Waals surface area contributed by atoms with Crippen molar-refractivity contribution in [1.82, 2.24) is 0 Å². The smallest absolute Gasteiger partial charge is 0.0856 e. The minimum Gasteiger partial charge on any atom is -0.0856 e. The Morgan fingerprint density at radius 2 is 1.90 bits per heavy atom. The third kappa shape index (κ3) is 4.18. The summed E-state index contributed by atoms with van der Waals surface area (Å²) in [5, 5.41) is 0. The molecule has 3 unspecified atom stereocenters. The van der Waals surface area contributed by atoms with E-state index in [-0.39, 0.29) is 0 Å². The second kappa shape index (κ2) is 7.07. The summed E-state index contributed by atoms with van der Waals surface area (Å²) in [5.41, 5.74) is 3.65. The van der Waals surface area contributed by atoms with E-state index in [2.05, 4.69) is 46.8 Å². The third-order valence-electron chi connectivity index (χ3n) is 6.19. The maximum Gasteiger partial charge on any atom is 0.103 e. The van der Waals surface area contributed by atoms with E-state index in [9.17, 15) is 0 Å². The second-order valence-corrected chi connectivity index (χ2v) is 8.20. The van der Waals surface area contributed by atoms with Crippen LogP contribution >= 0.6 is 0 Å². The van der Waals surface area contributed by atoms with Crippen LogP contribution in [0.15, 0.2) is 23.3 Å². The van der Waals surface area contributed by atoms with Crippen LogP contribution in [0.5, 0.6) is 0 Å². The van der Waals surface area contributed by atoms with Crippen molar-refractivity contribution in [3.63, 3.8) is 0 Å². The van der Waals surface area contributed by atoms with Crippen LogP contribution in [0.2, 0.25) is 0 Å². The van der Waals surface area contributed by atoms with Crippen molar-refractivity contribution in [2.24, 2.45) is 17.3 Å². The van der Waals surface area contributed by atoms with Crippen LogP contribution in [0.4, 0.5) is 0 Å². The lowest BCUT2D eigenvalue weighted by Gasteiger charge is -2.29. The zero-order chi connectivity index (χ0) is 15.5. The lowest BCUT2D eigenvalue weighted by molar-refractivity contribution is 0.198. The lowest BCUT2D eigenvalue weighted by Crippen LogP contribution is -2.22. The maximum atomic E-state index is 2.57. The molecule has 0 bridgehead atoms. The van der Waals surface area contributed by atoms with E-state index >= 15 is 0 Å². The molecular weight excluding hydrogens is 252 g/mol. The maximum absolute atomic E-state index is 2.57. The van der Waals surface area contributed by atoms with Crippen LogP contribution < -0.4 is 0 Å². The Hall–Kier alpha value is -0.650. The van der Waals surface area contributed by atoms with Gasteiger partial charge in [0.2, 0.25) is 0 Å². The fourth-order valence-corrected chi connectivity index (χ4v) is 4.71. The molecule has 0 radical (unpaired) electrons. The molecule has 0 amide bonds. The predicted molar refractivity (Wildman–Crippen MR) is 94.1 cm³/mol. The molecule has 2 rings (SSSR count). The highest BCUT2D eigenvalue weighted by Crippen LogP contribution is 2.59. The first kappa shape index (κ1) is 16.7. The molecule has 21 heavy (non-hydrogen) atoms. The third-order valence-corrected chi connectivity index (χ3v) is 6.19. The van der Waals surface area contributed by atoms with Gasteiger partial charge in [-0.25, -0.2) is 0 Å². The molecule has 0 saturated heterocycles. The second-order valence-electron chi connectivity index (χ2n) is 8.20. The predicted octanol–water partition coefficient (Wildman–Crippen LogP) is 6.88. The van der Waals surface area contributed by atoms with Crippen molar-refractivity contribution in [3.8, 4) is 0 Å². The van der Waals surface area contributed by atoms with Crippen LogP contribution in [0.1, 0.15) is 86.0 Å². The molecule has 3 atom stereocenters. The van der Waals surface area contributed by atoms with Gasteiger partial charge in [-0.2, -0.15) is 0 Å². The van der Waals surface area contributed by atoms with E-state index in [1.165, 1.54) is 56.9 Å². The first-order chi connectivity index (χ1) is 9.92. The number of rotatable bonds is 6. The van der Waals surface area contributed by atoms with Gasteiger partial charge >= 0.3 is 0 Å². The fraction of sp³-hybridized carbons (Fsp3) is 0.762. The van der Waals surface area contributed by atoms with Gasteiger partial charge in [-0.1, -0.05) is 30.2 Å². The van der Waals surface area contributed by atoms with Crippen molar-refractivity contribution in [1.29, 1.82) is 0 Å². The molecule has 0 aromatic heterocycles. The van der Waals surface area contributed by atoms with Gasteiger partial charge < -0.3 is 0 Å². The van der Waals surface area contributed by atoms with Crippen molar-refractivity contribution >= 4 is 0 Å². The van der Waals surface area contributed by atoms with E-state index in [0.717, 1.165) is 11.8 Å². The highest BCUT2D eigenvalue weighted by Gasteiger charge is 2.55. The van der Waals surface area contributed by atoms with Gasteiger partial charge in [0.15, 0.2) is 0 Å². The van der Waals surface area contributed by atoms with Gasteiger partial charge in [0, 0.05) is 5.92 Å². The molecule has 0 N–H and O–H groups in total. The number of hydrogen-bond donors (Lipinski definition) is 0. The molecular formula is C21H35+. The molecule has 0 spiro atoms. The summed E-state index contributed by atoms with van der Waals surface area (Å²) >= 11 is 0. The monoisotopic (exact) mass is 287 g/mol. The molecule has 0 aliphatic heterocycles. The van der Waals surface area contributed by atoms with Crippen LogP contribution in [0.25, 0.3) is 0 Å². The van der Waals surface area contributed by atoms with Gasteiger partial charge in [0.1, 0.15) is 5.92 Å². The summed E-state index contributed by atoms with van der Waals surface area (Å²) in [7, 11) is 0. The van der Waals surface area contributed by atoms with Crippen LogP contribution in [0, 0.1) is 23.2 Å². The minimum atomic E-state index is 0.624. The summed E-state index contributed by atoms with van der Waals surface area (Å²) in [4.78, 5) is 0. The lowest BCUT2D eigenvalue weighted by atomic mass is 9.74. The van der Waals surface area contributed by atoms with Crippen LogP contribution in [-0.4, -0.2) is 0 Å². The summed E-state index contributed by atoms with van der Waals surface area (Å²) in [6, 6.07) is 0. The summed E-state index contributed by atoms with van der Waals surface area (Å²) in [5.74, 6) is 3.77. The average molecular weight is 288 g/mol. The van der Waals surface area contributed by atoms with Crippen molar-refractivity contribution in [2.45, 2.75) is 86.0 Å². The zero-order valence-electron chi connectivity index (χ0n) is 15.0. The van der Waals surface area contributed by atoms with Crippen molar-refractivity contribution < 1.29 is 0 Å². The summed E-state index contributed by atoms with van der Waals surface area (Å²) in [6.45, 7) is 11.7. The number of hydrogen-bond acceptors (Lipinski definition) is 0. The van der Waals surface area contributed by atoms with Crippen molar-refractivity contribution in [3.05, 3.63) is 29.2 Å². The van der Waals surface area contributed by atoms with E-state index in [1.807, 2.05) is 0 Å². The van der Waals surface area contributed by atoms with Crippen LogP contribution in [0.3, 0.4) is 0 Å². The first-order valence-electron chi connectivity index (χ1n) is 9.04. The van der Waals surface area contributed by atoms with Crippen molar-refractivity contribution in [2.75, 3.05) is 0 Å². The molecule has 0 nitrogen and oxygen atoms in total. The van der Waals surface area contributed by atoms with E-state index < -0.39 is 0 Å². The number of allylic oxidation sites excluding steroid dienone is 4. The minimum absolute atomic E-state index is 0.624. The SMILES string of the molecule is CC(C)=CCC/C(C)=C/CCC1(C)CCC2[C+](C)CCC21. The Balaban J connectivity index is 1.79. The van der Waals surface area contributed by atoms with E-state index in [1.54, 1.807) is 11.5 Å². The van der Waals surface area contributed by atoms with Gasteiger partial charge in [0.05, 0.1) is 19.3 Å². The van der Waals surface area contributed by atoms with Crippen LogP contribution in [-0.2, 0) is 0 Å².